The van der Waals surface area contributed by atoms with Crippen molar-refractivity contribution < 1.29 is 80.8 Å². The third-order valence-electron chi connectivity index (χ3n) is 7.43. The van der Waals surface area contributed by atoms with Crippen molar-refractivity contribution in [2.45, 2.75) is 70.4 Å². The summed E-state index contributed by atoms with van der Waals surface area (Å²) in [5, 5.41) is 35.9. The maximum absolute atomic E-state index is 12.6. The lowest BCUT2D eigenvalue weighted by molar-refractivity contribution is -0.137. The molecule has 0 aromatic carbocycles. The number of nitrogen functional groups attached to an aromatic ring is 1. The lowest BCUT2D eigenvalue weighted by Gasteiger charge is -2.30. The molecule has 1 saturated heterocycles. The standard InChI is InChI=1S/C25H44N7O17P3S/c1-4-14(33)10-53-8-7-27-16(34)5-6-28-23(37)20(36)25(2,3)11-46-52(43,44)49-51(41,42)45-9-15-19(48-50(38,39)40)18(35)24(47-15)32-13-31-17-21(26)29-12-30-22(17)32/h12-15,18-20,24,33,35-36H,4-11H2,1-3H3,(H,27,34)(H,28,37)(H,41,42)(H,43,44)(H2,26,29,30)(H2,38,39,40)/t14?,15-,18-,19-,20+,24-/m1/s1. The van der Waals surface area contributed by atoms with Gasteiger partial charge in [-0.05, 0) is 6.42 Å². The highest BCUT2D eigenvalue weighted by Crippen LogP contribution is 2.61. The number of nitrogens with two attached hydrogens (primary N) is 1. The lowest BCUT2D eigenvalue weighted by Crippen LogP contribution is -2.46. The Morgan fingerprint density at radius 1 is 1.08 bits per heavy atom. The van der Waals surface area contributed by atoms with E-state index in [1.807, 2.05) is 6.92 Å². The van der Waals surface area contributed by atoms with Crippen LogP contribution in [-0.2, 0) is 45.9 Å². The fraction of sp³-hybridized carbons (Fsp3) is 0.720. The number of ether oxygens (including phenoxy) is 1. The molecule has 3 unspecified atom stereocenters. The van der Waals surface area contributed by atoms with Crippen molar-refractivity contribution in [2.24, 2.45) is 5.41 Å². The molecule has 1 aliphatic rings. The number of nitrogens with one attached hydrogen (secondary N) is 2. The quantitative estimate of drug-likeness (QED) is 0.0497. The summed E-state index contributed by atoms with van der Waals surface area (Å²) in [6.45, 7) is 2.57. The van der Waals surface area contributed by atoms with Crippen LogP contribution in [-0.4, -0.2) is 135 Å². The lowest BCUT2D eigenvalue weighted by atomic mass is 9.87. The molecule has 2 aromatic rings. The first kappa shape index (κ1) is 45.2. The molecular weight excluding hydrogens is 795 g/mol. The molecule has 2 aromatic heterocycles. The van der Waals surface area contributed by atoms with E-state index in [9.17, 15) is 58.2 Å². The second-order valence-corrected chi connectivity index (χ2v) is 17.6. The van der Waals surface area contributed by atoms with Crippen LogP contribution in [0.15, 0.2) is 12.7 Å². The molecule has 8 atom stereocenters. The number of amides is 2. The highest BCUT2D eigenvalue weighted by Gasteiger charge is 2.50. The molecule has 302 valence electrons. The van der Waals surface area contributed by atoms with E-state index in [1.54, 1.807) is 0 Å². The average Bonchev–Trinajstić information content (AvgIpc) is 3.62. The summed E-state index contributed by atoms with van der Waals surface area (Å²) in [5.41, 5.74) is 4.28. The number of aliphatic hydroxyl groups excluding tert-OH is 3. The van der Waals surface area contributed by atoms with Crippen molar-refractivity contribution in [3.05, 3.63) is 12.7 Å². The summed E-state index contributed by atoms with van der Waals surface area (Å²) in [5.74, 6) is -0.259. The summed E-state index contributed by atoms with van der Waals surface area (Å²) in [7, 11) is -16.3. The molecule has 2 amide bonds. The van der Waals surface area contributed by atoms with E-state index in [0.29, 0.717) is 24.5 Å². The molecule has 0 bridgehead atoms. The normalized spacial score (nSPS) is 22.9. The van der Waals surface area contributed by atoms with Gasteiger partial charge in [0.15, 0.2) is 17.7 Å². The van der Waals surface area contributed by atoms with Gasteiger partial charge in [0.2, 0.25) is 11.8 Å². The summed E-state index contributed by atoms with van der Waals surface area (Å²) < 4.78 is 62.0. The number of nitrogens with zero attached hydrogens (tertiary/aromatic N) is 4. The van der Waals surface area contributed by atoms with Crippen LogP contribution in [0.5, 0.6) is 0 Å². The van der Waals surface area contributed by atoms with Gasteiger partial charge in [0.1, 0.15) is 36.3 Å². The average molecular weight is 840 g/mol. The van der Waals surface area contributed by atoms with E-state index in [2.05, 4.69) is 34.4 Å². The summed E-state index contributed by atoms with van der Waals surface area (Å²) in [6, 6.07) is 0. The van der Waals surface area contributed by atoms with Crippen molar-refractivity contribution in [2.75, 3.05) is 43.5 Å². The van der Waals surface area contributed by atoms with Crippen LogP contribution >= 0.6 is 35.2 Å². The number of carbonyl (C=O) groups excluding carboxylic acids is 2. The number of phosphoric ester groups is 3. The maximum atomic E-state index is 12.6. The Labute approximate surface area is 306 Å². The van der Waals surface area contributed by atoms with Crippen LogP contribution in [0.4, 0.5) is 5.82 Å². The van der Waals surface area contributed by atoms with Crippen LogP contribution in [0, 0.1) is 5.41 Å². The number of phosphoric acid groups is 3. The van der Waals surface area contributed by atoms with Crippen LogP contribution in [0.25, 0.3) is 11.2 Å². The zero-order valence-electron chi connectivity index (χ0n) is 28.6. The minimum Gasteiger partial charge on any atom is -0.392 e. The van der Waals surface area contributed by atoms with Gasteiger partial charge in [0, 0.05) is 36.4 Å². The number of aromatic nitrogens is 4. The third-order valence-corrected chi connectivity index (χ3v) is 11.6. The Morgan fingerprint density at radius 2 is 1.75 bits per heavy atom. The van der Waals surface area contributed by atoms with Gasteiger partial charge in [-0.3, -0.25) is 27.7 Å². The fourth-order valence-corrected chi connectivity index (χ4v) is 8.29. The van der Waals surface area contributed by atoms with Gasteiger partial charge in [-0.2, -0.15) is 16.1 Å². The van der Waals surface area contributed by atoms with E-state index >= 15 is 0 Å². The molecule has 53 heavy (non-hydrogen) atoms. The van der Waals surface area contributed by atoms with Gasteiger partial charge in [0.05, 0.1) is 25.6 Å². The van der Waals surface area contributed by atoms with Crippen molar-refractivity contribution >= 4 is 64.0 Å². The van der Waals surface area contributed by atoms with E-state index < -0.39 is 84.8 Å². The van der Waals surface area contributed by atoms with Gasteiger partial charge in [-0.1, -0.05) is 20.8 Å². The number of carbonyl (C=O) groups is 2. The van der Waals surface area contributed by atoms with Crippen LogP contribution in [0.3, 0.4) is 0 Å². The summed E-state index contributed by atoms with van der Waals surface area (Å²) in [4.78, 5) is 75.3. The van der Waals surface area contributed by atoms with E-state index in [4.69, 9.17) is 19.5 Å². The first-order valence-corrected chi connectivity index (χ1v) is 21.4. The SMILES string of the molecule is CCC(O)CSCCNC(=O)CCNC(=O)[C@H](O)C(C)(C)COP(=O)(O)OP(=O)(O)OC[C@H]1O[C@@H](n2cnc3c(N)ncnc32)[C@H](O)[C@@H]1OP(=O)(O)O. The topological polar surface area (TPSA) is 367 Å². The van der Waals surface area contributed by atoms with Gasteiger partial charge < -0.3 is 56.0 Å². The molecule has 0 saturated carbocycles. The molecule has 0 radical (unpaired) electrons. The molecule has 0 spiro atoms. The Bertz CT molecular complexity index is 1700. The number of aliphatic hydroxyl groups is 3. The molecule has 11 N–H and O–H groups in total. The number of anilines is 1. The zero-order valence-corrected chi connectivity index (χ0v) is 32.1. The highest BCUT2D eigenvalue weighted by atomic mass is 32.2. The third kappa shape index (κ3) is 13.8. The van der Waals surface area contributed by atoms with Crippen LogP contribution < -0.4 is 16.4 Å². The number of imidazole rings is 1. The fourth-order valence-electron chi connectivity index (χ4n) is 4.54. The Kier molecular flexibility index (Phi) is 16.3. The van der Waals surface area contributed by atoms with Gasteiger partial charge >= 0.3 is 23.5 Å². The minimum atomic E-state index is -5.55. The second kappa shape index (κ2) is 19.1. The van der Waals surface area contributed by atoms with Crippen molar-refractivity contribution in [1.82, 2.24) is 30.2 Å². The van der Waals surface area contributed by atoms with Crippen molar-refractivity contribution in [1.29, 1.82) is 0 Å². The molecule has 24 nitrogen and oxygen atoms in total. The van der Waals surface area contributed by atoms with Crippen molar-refractivity contribution in [3.63, 3.8) is 0 Å². The zero-order chi connectivity index (χ0) is 39.8. The summed E-state index contributed by atoms with van der Waals surface area (Å²) in [6.07, 6.45) is -6.61. The molecule has 1 fully saturated rings. The number of fused-ring (bicyclic) bond motifs is 1. The van der Waals surface area contributed by atoms with E-state index in [0.717, 1.165) is 17.2 Å². The first-order chi connectivity index (χ1) is 24.6. The number of hydrogen-bond acceptors (Lipinski definition) is 18. The van der Waals surface area contributed by atoms with Gasteiger partial charge in [-0.25, -0.2) is 28.6 Å². The number of hydrogen-bond donors (Lipinski definition) is 10. The predicted octanol–water partition coefficient (Wildman–Crippen LogP) is -1.09. The number of rotatable bonds is 22. The van der Waals surface area contributed by atoms with E-state index in [-0.39, 0.29) is 35.9 Å². The summed E-state index contributed by atoms with van der Waals surface area (Å²) >= 11 is 1.47. The monoisotopic (exact) mass is 839 g/mol. The highest BCUT2D eigenvalue weighted by molar-refractivity contribution is 7.99. The van der Waals surface area contributed by atoms with Crippen LogP contribution in [0.2, 0.25) is 0 Å². The molecular formula is C25H44N7O17P3S. The largest absolute Gasteiger partial charge is 0.481 e. The molecule has 3 rings (SSSR count). The molecule has 0 aliphatic carbocycles. The van der Waals surface area contributed by atoms with Gasteiger partial charge in [0.25, 0.3) is 0 Å². The van der Waals surface area contributed by atoms with Crippen molar-refractivity contribution in [3.8, 4) is 0 Å². The Hall–Kier alpha value is -2.15. The smallest absolute Gasteiger partial charge is 0.392 e. The minimum absolute atomic E-state index is 0.0343. The Morgan fingerprint density at radius 3 is 2.42 bits per heavy atom. The Balaban J connectivity index is 1.51. The molecule has 1 aliphatic heterocycles. The molecule has 28 heteroatoms. The van der Waals surface area contributed by atoms with E-state index in [1.165, 1.54) is 25.6 Å². The predicted molar refractivity (Wildman–Crippen MR) is 183 cm³/mol. The van der Waals surface area contributed by atoms with Crippen LogP contribution in [0.1, 0.15) is 39.8 Å². The number of thioether (sulfide) groups is 1. The van der Waals surface area contributed by atoms with Gasteiger partial charge in [-0.15, -0.1) is 0 Å². The second-order valence-electron chi connectivity index (χ2n) is 12.2. The first-order valence-electron chi connectivity index (χ1n) is 15.7. The molecule has 3 heterocycles. The maximum Gasteiger partial charge on any atom is 0.481 e.